The van der Waals surface area contributed by atoms with Gasteiger partial charge in [-0.3, -0.25) is 0 Å². The van der Waals surface area contributed by atoms with Crippen LogP contribution < -0.4 is 4.90 Å². The topological polar surface area (TPSA) is 55.3 Å². The number of hydrogen-bond acceptors (Lipinski definition) is 6. The van der Waals surface area contributed by atoms with Crippen LogP contribution in [0.4, 0.5) is 5.82 Å². The minimum absolute atomic E-state index is 0.264. The Morgan fingerprint density at radius 1 is 1.40 bits per heavy atom. The van der Waals surface area contributed by atoms with Crippen molar-refractivity contribution >= 4 is 33.3 Å². The van der Waals surface area contributed by atoms with Crippen molar-refractivity contribution in [1.29, 1.82) is 0 Å². The molecule has 1 saturated heterocycles. The number of carbonyl (C=O) groups is 1. The number of aryl methyl sites for hydroxylation is 1. The summed E-state index contributed by atoms with van der Waals surface area (Å²) in [6, 6.07) is 0. The molecule has 0 radical (unpaired) electrons. The van der Waals surface area contributed by atoms with E-state index in [4.69, 9.17) is 4.74 Å². The van der Waals surface area contributed by atoms with Gasteiger partial charge in [0.15, 0.2) is 0 Å². The molecule has 1 aliphatic rings. The fourth-order valence-electron chi connectivity index (χ4n) is 2.61. The molecule has 3 heterocycles. The van der Waals surface area contributed by atoms with Crippen LogP contribution in [0.25, 0.3) is 10.2 Å². The van der Waals surface area contributed by atoms with Crippen molar-refractivity contribution in [1.82, 2.24) is 9.97 Å². The molecule has 0 spiro atoms. The van der Waals surface area contributed by atoms with Crippen molar-refractivity contribution in [3.05, 3.63) is 16.8 Å². The lowest BCUT2D eigenvalue weighted by Gasteiger charge is -2.17. The Hall–Kier alpha value is -1.69. The molecule has 0 N–H and O–H groups in total. The first-order chi connectivity index (χ1) is 9.72. The van der Waals surface area contributed by atoms with E-state index in [-0.39, 0.29) is 5.97 Å². The van der Waals surface area contributed by atoms with Gasteiger partial charge >= 0.3 is 5.97 Å². The minimum atomic E-state index is -0.264. The van der Waals surface area contributed by atoms with Crippen LogP contribution in [0.2, 0.25) is 0 Å². The number of nitrogens with zero attached hydrogens (tertiary/aromatic N) is 3. The Labute approximate surface area is 121 Å². The maximum Gasteiger partial charge on any atom is 0.348 e. The smallest absolute Gasteiger partial charge is 0.348 e. The highest BCUT2D eigenvalue weighted by Crippen LogP contribution is 2.36. The van der Waals surface area contributed by atoms with Gasteiger partial charge in [-0.05, 0) is 32.3 Å². The van der Waals surface area contributed by atoms with E-state index in [9.17, 15) is 4.79 Å². The van der Waals surface area contributed by atoms with E-state index in [1.54, 1.807) is 6.33 Å². The van der Waals surface area contributed by atoms with Crippen molar-refractivity contribution in [3.63, 3.8) is 0 Å². The lowest BCUT2D eigenvalue weighted by atomic mass is 10.2. The average Bonchev–Trinajstić information content (AvgIpc) is 3.07. The number of rotatable bonds is 3. The zero-order valence-corrected chi connectivity index (χ0v) is 12.5. The summed E-state index contributed by atoms with van der Waals surface area (Å²) in [6.45, 7) is 6.20. The number of fused-ring (bicyclic) bond motifs is 1. The van der Waals surface area contributed by atoms with E-state index in [0.717, 1.165) is 34.7 Å². The zero-order valence-electron chi connectivity index (χ0n) is 11.7. The van der Waals surface area contributed by atoms with Gasteiger partial charge in [-0.1, -0.05) is 0 Å². The van der Waals surface area contributed by atoms with Crippen LogP contribution >= 0.6 is 11.3 Å². The Balaban J connectivity index is 2.11. The summed E-state index contributed by atoms with van der Waals surface area (Å²) in [5.74, 6) is 0.692. The Kier molecular flexibility index (Phi) is 3.56. The number of anilines is 1. The monoisotopic (exact) mass is 291 g/mol. The third kappa shape index (κ3) is 2.14. The van der Waals surface area contributed by atoms with Crippen molar-refractivity contribution in [2.24, 2.45) is 0 Å². The lowest BCUT2D eigenvalue weighted by Crippen LogP contribution is -2.19. The molecule has 0 atom stereocenters. The molecule has 1 fully saturated rings. The second-order valence-corrected chi connectivity index (χ2v) is 5.85. The molecule has 0 bridgehead atoms. The lowest BCUT2D eigenvalue weighted by molar-refractivity contribution is 0.0531. The first-order valence-corrected chi connectivity index (χ1v) is 7.70. The van der Waals surface area contributed by atoms with Crippen LogP contribution in [0.15, 0.2) is 6.33 Å². The fraction of sp³-hybridized carbons (Fsp3) is 0.500. The Morgan fingerprint density at radius 3 is 2.85 bits per heavy atom. The van der Waals surface area contributed by atoms with Gasteiger partial charge < -0.3 is 9.64 Å². The first-order valence-electron chi connectivity index (χ1n) is 6.88. The van der Waals surface area contributed by atoms with E-state index in [1.807, 2.05) is 13.8 Å². The van der Waals surface area contributed by atoms with Gasteiger partial charge in [0, 0.05) is 13.1 Å². The van der Waals surface area contributed by atoms with Crippen LogP contribution in [0.3, 0.4) is 0 Å². The minimum Gasteiger partial charge on any atom is -0.462 e. The molecule has 1 aliphatic heterocycles. The van der Waals surface area contributed by atoms with Crippen LogP contribution in [0, 0.1) is 6.92 Å². The number of esters is 1. The van der Waals surface area contributed by atoms with Crippen molar-refractivity contribution < 1.29 is 9.53 Å². The molecule has 6 heteroatoms. The number of aromatic nitrogens is 2. The Bertz CT molecular complexity index is 647. The molecule has 0 saturated carbocycles. The van der Waals surface area contributed by atoms with Crippen LogP contribution in [0.5, 0.6) is 0 Å². The summed E-state index contributed by atoms with van der Waals surface area (Å²) in [5, 5.41) is 1.00. The van der Waals surface area contributed by atoms with E-state index in [1.165, 1.54) is 24.2 Å². The molecule has 20 heavy (non-hydrogen) atoms. The number of hydrogen-bond donors (Lipinski definition) is 0. The maximum atomic E-state index is 12.0. The largest absolute Gasteiger partial charge is 0.462 e. The standard InChI is InChI=1S/C14H17N3O2S/c1-3-19-14(18)11-9(2)10-12(17-6-4-5-7-17)15-8-16-13(10)20-11/h8H,3-7H2,1-2H3. The van der Waals surface area contributed by atoms with E-state index < -0.39 is 0 Å². The molecular formula is C14H17N3O2S. The van der Waals surface area contributed by atoms with Crippen LogP contribution in [-0.4, -0.2) is 35.6 Å². The number of ether oxygens (including phenoxy) is 1. The second-order valence-electron chi connectivity index (χ2n) is 4.85. The number of carbonyl (C=O) groups excluding carboxylic acids is 1. The Morgan fingerprint density at radius 2 is 2.15 bits per heavy atom. The highest BCUT2D eigenvalue weighted by molar-refractivity contribution is 7.20. The fourth-order valence-corrected chi connectivity index (χ4v) is 3.65. The van der Waals surface area contributed by atoms with Gasteiger partial charge in [0.1, 0.15) is 21.9 Å². The summed E-state index contributed by atoms with van der Waals surface area (Å²) in [4.78, 5) is 24.5. The van der Waals surface area contributed by atoms with Gasteiger partial charge in [-0.25, -0.2) is 14.8 Å². The predicted molar refractivity (Wildman–Crippen MR) is 79.6 cm³/mol. The van der Waals surface area contributed by atoms with E-state index >= 15 is 0 Å². The predicted octanol–water partition coefficient (Wildman–Crippen LogP) is 2.78. The second kappa shape index (κ2) is 5.36. The highest BCUT2D eigenvalue weighted by atomic mass is 32.1. The average molecular weight is 291 g/mol. The highest BCUT2D eigenvalue weighted by Gasteiger charge is 2.23. The molecule has 0 aromatic carbocycles. The van der Waals surface area contributed by atoms with Gasteiger partial charge in [0.25, 0.3) is 0 Å². The van der Waals surface area contributed by atoms with Crippen molar-refractivity contribution in [2.45, 2.75) is 26.7 Å². The molecule has 106 valence electrons. The van der Waals surface area contributed by atoms with Gasteiger partial charge in [-0.2, -0.15) is 0 Å². The maximum absolute atomic E-state index is 12.0. The first kappa shape index (κ1) is 13.3. The molecule has 3 rings (SSSR count). The SMILES string of the molecule is CCOC(=O)c1sc2ncnc(N3CCCC3)c2c1C. The van der Waals surface area contributed by atoms with E-state index in [0.29, 0.717) is 11.5 Å². The summed E-state index contributed by atoms with van der Waals surface area (Å²) < 4.78 is 5.11. The van der Waals surface area contributed by atoms with Gasteiger partial charge in [-0.15, -0.1) is 11.3 Å². The third-order valence-electron chi connectivity index (χ3n) is 3.57. The van der Waals surface area contributed by atoms with Crippen LogP contribution in [-0.2, 0) is 4.74 Å². The summed E-state index contributed by atoms with van der Waals surface area (Å²) in [5.41, 5.74) is 0.936. The van der Waals surface area contributed by atoms with Crippen molar-refractivity contribution in [2.75, 3.05) is 24.6 Å². The molecular weight excluding hydrogens is 274 g/mol. The third-order valence-corrected chi connectivity index (χ3v) is 4.75. The quantitative estimate of drug-likeness (QED) is 0.814. The molecule has 2 aromatic heterocycles. The molecule has 0 unspecified atom stereocenters. The zero-order chi connectivity index (χ0) is 14.1. The summed E-state index contributed by atoms with van der Waals surface area (Å²) in [7, 11) is 0. The summed E-state index contributed by atoms with van der Waals surface area (Å²) in [6.07, 6.45) is 3.97. The number of thiophene rings is 1. The van der Waals surface area contributed by atoms with Crippen molar-refractivity contribution in [3.8, 4) is 0 Å². The normalized spacial score (nSPS) is 15.0. The van der Waals surface area contributed by atoms with E-state index in [2.05, 4.69) is 14.9 Å². The molecule has 5 nitrogen and oxygen atoms in total. The van der Waals surface area contributed by atoms with Gasteiger partial charge in [0.05, 0.1) is 12.0 Å². The van der Waals surface area contributed by atoms with Gasteiger partial charge in [0.2, 0.25) is 0 Å². The molecule has 0 aliphatic carbocycles. The molecule has 2 aromatic rings. The molecule has 0 amide bonds. The summed E-state index contributed by atoms with van der Waals surface area (Å²) >= 11 is 1.39. The van der Waals surface area contributed by atoms with Crippen LogP contribution in [0.1, 0.15) is 35.0 Å².